The smallest absolute Gasteiger partial charge is 0.364 e. The topological polar surface area (TPSA) is 124 Å². The minimum Gasteiger partial charge on any atom is -0.364 e. The number of rotatable bonds is 9. The van der Waals surface area contributed by atoms with Crippen molar-refractivity contribution in [2.45, 2.75) is 63.3 Å². The number of aryl methyl sites for hydroxylation is 2. The van der Waals surface area contributed by atoms with Crippen molar-refractivity contribution >= 4 is 21.7 Å². The van der Waals surface area contributed by atoms with Crippen LogP contribution in [0.3, 0.4) is 0 Å². The normalized spacial score (nSPS) is 18.5. The molecule has 1 fully saturated rings. The van der Waals surface area contributed by atoms with Crippen LogP contribution in [0, 0.1) is 11.7 Å². The van der Waals surface area contributed by atoms with E-state index in [0.29, 0.717) is 25.7 Å². The molecule has 13 heteroatoms. The largest absolute Gasteiger partial charge is 0.389 e. The van der Waals surface area contributed by atoms with Gasteiger partial charge in [-0.05, 0) is 55.7 Å². The van der Waals surface area contributed by atoms with E-state index in [1.54, 1.807) is 6.92 Å². The highest BCUT2D eigenvalue weighted by atomic mass is 32.2. The lowest BCUT2D eigenvalue weighted by Crippen LogP contribution is -2.35. The Morgan fingerprint density at radius 1 is 1.19 bits per heavy atom. The third kappa shape index (κ3) is 7.08. The predicted molar refractivity (Wildman–Crippen MR) is 129 cm³/mol. The van der Waals surface area contributed by atoms with Gasteiger partial charge in [0, 0.05) is 25.6 Å². The highest BCUT2D eigenvalue weighted by molar-refractivity contribution is 7.91. The number of benzene rings is 1. The number of aromatic nitrogens is 2. The molecule has 1 heterocycles. The van der Waals surface area contributed by atoms with Gasteiger partial charge in [0.1, 0.15) is 27.2 Å². The molecule has 37 heavy (non-hydrogen) atoms. The van der Waals surface area contributed by atoms with Gasteiger partial charge < -0.3 is 11.1 Å². The summed E-state index contributed by atoms with van der Waals surface area (Å²) in [6.45, 7) is 1.92. The van der Waals surface area contributed by atoms with E-state index in [0.717, 1.165) is 10.6 Å². The zero-order chi connectivity index (χ0) is 27.5. The third-order valence-electron chi connectivity index (χ3n) is 6.61. The summed E-state index contributed by atoms with van der Waals surface area (Å²) in [5.74, 6) is -2.37. The molecule has 204 valence electrons. The zero-order valence-electron chi connectivity index (χ0n) is 20.6. The second-order valence-corrected chi connectivity index (χ2v) is 11.7. The van der Waals surface area contributed by atoms with Crippen LogP contribution in [0.15, 0.2) is 18.2 Å². The number of nitrogens with two attached hydrogens (primary N) is 1. The number of nitrogens with one attached hydrogen (secondary N) is 1. The molecule has 3 rings (SSSR count). The van der Waals surface area contributed by atoms with Crippen LogP contribution in [0.4, 0.5) is 17.6 Å². The minimum absolute atomic E-state index is 0.0494. The van der Waals surface area contributed by atoms with E-state index in [2.05, 4.69) is 10.3 Å². The van der Waals surface area contributed by atoms with Crippen LogP contribution in [-0.2, 0) is 22.7 Å². The van der Waals surface area contributed by atoms with E-state index in [4.69, 9.17) is 5.73 Å². The Labute approximate surface area is 212 Å². The molecule has 0 bridgehead atoms. The van der Waals surface area contributed by atoms with Gasteiger partial charge in [0.15, 0.2) is 5.69 Å². The van der Waals surface area contributed by atoms with Crippen LogP contribution in [0.2, 0.25) is 0 Å². The van der Waals surface area contributed by atoms with Crippen LogP contribution in [-0.4, -0.2) is 54.0 Å². The predicted octanol–water partition coefficient (Wildman–Crippen LogP) is 3.50. The molecule has 0 atom stereocenters. The standard InChI is InChI=1S/C24H30F4N4O4S/c1-3-19-31-20(23(34)30-13-15-4-7-16(8-5-15)37(2,35)36)21(22(29)33)32(19)18-9-6-14(12-17(18)25)10-11-24(26,27)28/h6,9,12,15-16H,3-5,7-8,10-11,13H2,1-2H3,(H2,29,33)(H,30,34)/t15-,16-. The number of hydrogen-bond donors (Lipinski definition) is 2. The quantitative estimate of drug-likeness (QED) is 0.466. The van der Waals surface area contributed by atoms with Crippen molar-refractivity contribution in [3.8, 4) is 5.69 Å². The fraction of sp³-hybridized carbons (Fsp3) is 0.542. The summed E-state index contributed by atoms with van der Waals surface area (Å²) < 4.78 is 77.2. The minimum atomic E-state index is -4.39. The number of sulfone groups is 1. The van der Waals surface area contributed by atoms with Crippen LogP contribution in [0.5, 0.6) is 0 Å². The lowest BCUT2D eigenvalue weighted by molar-refractivity contribution is -0.134. The first-order valence-electron chi connectivity index (χ1n) is 11.9. The molecule has 1 aromatic carbocycles. The van der Waals surface area contributed by atoms with Crippen molar-refractivity contribution < 1.29 is 35.6 Å². The number of halogens is 4. The molecule has 0 aliphatic heterocycles. The first-order chi connectivity index (χ1) is 17.2. The molecule has 1 saturated carbocycles. The van der Waals surface area contributed by atoms with Gasteiger partial charge in [-0.15, -0.1) is 0 Å². The molecular formula is C24H30F4N4O4S. The first kappa shape index (κ1) is 28.6. The first-order valence-corrected chi connectivity index (χ1v) is 13.9. The third-order valence-corrected chi connectivity index (χ3v) is 8.29. The lowest BCUT2D eigenvalue weighted by atomic mass is 9.89. The number of primary amides is 1. The van der Waals surface area contributed by atoms with E-state index >= 15 is 4.39 Å². The molecule has 8 nitrogen and oxygen atoms in total. The molecule has 1 aromatic heterocycles. The van der Waals surface area contributed by atoms with Gasteiger partial charge in [-0.1, -0.05) is 13.0 Å². The number of imidazole rings is 1. The van der Waals surface area contributed by atoms with Crippen molar-refractivity contribution in [1.82, 2.24) is 14.9 Å². The molecule has 3 N–H and O–H groups in total. The van der Waals surface area contributed by atoms with Crippen molar-refractivity contribution in [1.29, 1.82) is 0 Å². The van der Waals surface area contributed by atoms with Crippen molar-refractivity contribution in [3.63, 3.8) is 0 Å². The van der Waals surface area contributed by atoms with Crippen molar-refractivity contribution in [2.75, 3.05) is 12.8 Å². The van der Waals surface area contributed by atoms with E-state index in [1.165, 1.54) is 18.4 Å². The number of alkyl halides is 3. The maximum atomic E-state index is 15.0. The van der Waals surface area contributed by atoms with Gasteiger partial charge in [0.2, 0.25) is 0 Å². The molecule has 0 saturated heterocycles. The fourth-order valence-electron chi connectivity index (χ4n) is 4.61. The van der Waals surface area contributed by atoms with Crippen LogP contribution in [0.25, 0.3) is 5.69 Å². The number of hydrogen-bond acceptors (Lipinski definition) is 5. The maximum absolute atomic E-state index is 15.0. The van der Waals surface area contributed by atoms with E-state index in [-0.39, 0.29) is 47.3 Å². The van der Waals surface area contributed by atoms with Crippen molar-refractivity contribution in [2.24, 2.45) is 11.7 Å². The molecule has 0 spiro atoms. The second kappa shape index (κ2) is 11.2. The Hall–Kier alpha value is -2.96. The Morgan fingerprint density at radius 3 is 2.35 bits per heavy atom. The summed E-state index contributed by atoms with van der Waals surface area (Å²) in [6.07, 6.45) is -2.26. The second-order valence-electron chi connectivity index (χ2n) is 9.36. The molecule has 1 aliphatic carbocycles. The summed E-state index contributed by atoms with van der Waals surface area (Å²) in [4.78, 5) is 29.6. The van der Waals surface area contributed by atoms with Crippen LogP contribution < -0.4 is 11.1 Å². The Bertz CT molecular complexity index is 1270. The SMILES string of the molecule is CCc1nc(C(=O)NC[C@H]2CC[C@H](S(C)(=O)=O)CC2)c(C(N)=O)n1-c1ccc(CCC(F)(F)F)cc1F. The number of carbonyl (C=O) groups is 2. The maximum Gasteiger partial charge on any atom is 0.389 e. The summed E-state index contributed by atoms with van der Waals surface area (Å²) in [6, 6.07) is 3.51. The molecule has 2 aromatic rings. The summed E-state index contributed by atoms with van der Waals surface area (Å²) >= 11 is 0. The van der Waals surface area contributed by atoms with Gasteiger partial charge in [0.25, 0.3) is 11.8 Å². The Morgan fingerprint density at radius 2 is 1.84 bits per heavy atom. The van der Waals surface area contributed by atoms with Gasteiger partial charge in [-0.3, -0.25) is 14.2 Å². The van der Waals surface area contributed by atoms with Crippen molar-refractivity contribution in [3.05, 3.63) is 46.8 Å². The van der Waals surface area contributed by atoms with Gasteiger partial charge in [-0.25, -0.2) is 17.8 Å². The summed E-state index contributed by atoms with van der Waals surface area (Å²) in [7, 11) is -3.12. The molecule has 0 unspecified atom stereocenters. The number of nitrogens with zero attached hydrogens (tertiary/aromatic N) is 2. The molecule has 0 radical (unpaired) electrons. The average Bonchev–Trinajstić information content (AvgIpc) is 3.20. The van der Waals surface area contributed by atoms with E-state index in [9.17, 15) is 31.2 Å². The summed E-state index contributed by atoms with van der Waals surface area (Å²) in [5, 5.41) is 2.33. The van der Waals surface area contributed by atoms with Crippen LogP contribution in [0.1, 0.15) is 71.4 Å². The van der Waals surface area contributed by atoms with Gasteiger partial charge >= 0.3 is 6.18 Å². The molecular weight excluding hydrogens is 516 g/mol. The highest BCUT2D eigenvalue weighted by Crippen LogP contribution is 2.29. The van der Waals surface area contributed by atoms with E-state index in [1.807, 2.05) is 0 Å². The number of amides is 2. The Kier molecular flexibility index (Phi) is 8.66. The van der Waals surface area contributed by atoms with Gasteiger partial charge in [-0.2, -0.15) is 13.2 Å². The molecule has 1 aliphatic rings. The lowest BCUT2D eigenvalue weighted by Gasteiger charge is -2.27. The molecule has 2 amide bonds. The zero-order valence-corrected chi connectivity index (χ0v) is 21.4. The van der Waals surface area contributed by atoms with E-state index < -0.39 is 51.7 Å². The number of carbonyl (C=O) groups excluding carboxylic acids is 2. The monoisotopic (exact) mass is 546 g/mol. The fourth-order valence-corrected chi connectivity index (χ4v) is 5.74. The van der Waals surface area contributed by atoms with Crippen LogP contribution >= 0.6 is 0 Å². The average molecular weight is 547 g/mol. The highest BCUT2D eigenvalue weighted by Gasteiger charge is 2.31. The Balaban J connectivity index is 1.82. The van der Waals surface area contributed by atoms with Gasteiger partial charge in [0.05, 0.1) is 10.9 Å². The summed E-state index contributed by atoms with van der Waals surface area (Å²) in [5.41, 5.74) is 4.89.